The van der Waals surface area contributed by atoms with Gasteiger partial charge in [-0.2, -0.15) is 10.4 Å². The first kappa shape index (κ1) is 20.6. The molecule has 0 saturated heterocycles. The molecule has 3 aromatic heterocycles. The molecule has 0 atom stereocenters. The summed E-state index contributed by atoms with van der Waals surface area (Å²) in [6, 6.07) is 16.3. The van der Waals surface area contributed by atoms with E-state index in [1.54, 1.807) is 24.4 Å². The van der Waals surface area contributed by atoms with Crippen LogP contribution in [0.4, 0.5) is 9.52 Å². The number of thiazole rings is 1. The molecular formula is C24H17FN6OS. The third-order valence-corrected chi connectivity index (χ3v) is 5.90. The molecule has 2 aromatic carbocycles. The second kappa shape index (κ2) is 8.33. The predicted molar refractivity (Wildman–Crippen MR) is 125 cm³/mol. The molecule has 0 bridgehead atoms. The lowest BCUT2D eigenvalue weighted by Gasteiger charge is -2.12. The number of nitrogens with zero attached hydrogens (tertiary/aromatic N) is 4. The van der Waals surface area contributed by atoms with Crippen LogP contribution in [-0.4, -0.2) is 20.2 Å². The van der Waals surface area contributed by atoms with E-state index >= 15 is 4.39 Å². The van der Waals surface area contributed by atoms with Gasteiger partial charge in [-0.15, -0.1) is 11.3 Å². The quantitative estimate of drug-likeness (QED) is 0.374. The number of aromatic amines is 1. The molecule has 33 heavy (non-hydrogen) atoms. The Morgan fingerprint density at radius 3 is 2.70 bits per heavy atom. The molecule has 3 heterocycles. The van der Waals surface area contributed by atoms with Crippen molar-refractivity contribution in [3.8, 4) is 34.3 Å². The van der Waals surface area contributed by atoms with Gasteiger partial charge in [0, 0.05) is 22.6 Å². The number of rotatable bonds is 5. The maximum Gasteiger partial charge on any atom is 0.180 e. The first-order valence-corrected chi connectivity index (χ1v) is 10.9. The van der Waals surface area contributed by atoms with E-state index in [-0.39, 0.29) is 16.8 Å². The van der Waals surface area contributed by atoms with E-state index in [2.05, 4.69) is 26.2 Å². The predicted octanol–water partition coefficient (Wildman–Crippen LogP) is 5.23. The number of nitrogens with one attached hydrogen (secondary N) is 1. The van der Waals surface area contributed by atoms with Crippen molar-refractivity contribution < 1.29 is 9.13 Å². The number of aryl methyl sites for hydroxylation is 1. The molecule has 5 rings (SSSR count). The summed E-state index contributed by atoms with van der Waals surface area (Å²) in [5.74, 6) is -0.173. The third-order valence-electron chi connectivity index (χ3n) is 5.22. The molecule has 0 amide bonds. The van der Waals surface area contributed by atoms with Crippen molar-refractivity contribution in [2.24, 2.45) is 0 Å². The maximum absolute atomic E-state index is 15.2. The zero-order valence-corrected chi connectivity index (χ0v) is 18.3. The zero-order valence-electron chi connectivity index (χ0n) is 17.5. The standard InChI is InChI=1S/C24H17FN6OS/c1-13-20-21(19-12-33-24(27)28-19)17(10-26)22(29-23(20)31-30-13)16-8-7-15(9-18(16)25)32-11-14-5-3-2-4-6-14/h2-9,12H,11H2,1H3,(H2,27,28)(H,29,30,31). The van der Waals surface area contributed by atoms with Crippen LogP contribution >= 0.6 is 11.3 Å². The summed E-state index contributed by atoms with van der Waals surface area (Å²) in [7, 11) is 0. The van der Waals surface area contributed by atoms with Gasteiger partial charge in [0.05, 0.1) is 28.0 Å². The normalized spacial score (nSPS) is 10.9. The van der Waals surface area contributed by atoms with Crippen LogP contribution in [0, 0.1) is 24.1 Å². The third kappa shape index (κ3) is 3.77. The van der Waals surface area contributed by atoms with Gasteiger partial charge in [0.1, 0.15) is 24.2 Å². The number of anilines is 1. The van der Waals surface area contributed by atoms with Crippen LogP contribution in [0.3, 0.4) is 0 Å². The van der Waals surface area contributed by atoms with Gasteiger partial charge in [0.25, 0.3) is 0 Å². The van der Waals surface area contributed by atoms with Crippen LogP contribution in [0.5, 0.6) is 5.75 Å². The number of ether oxygens (including phenoxy) is 1. The number of nitrogens with two attached hydrogens (primary N) is 1. The molecule has 9 heteroatoms. The fraction of sp³-hybridized carbons (Fsp3) is 0.0833. The number of H-pyrrole nitrogens is 1. The van der Waals surface area contributed by atoms with E-state index in [4.69, 9.17) is 10.5 Å². The largest absolute Gasteiger partial charge is 0.489 e. The number of hydrogen-bond donors (Lipinski definition) is 2. The van der Waals surface area contributed by atoms with Gasteiger partial charge >= 0.3 is 0 Å². The Morgan fingerprint density at radius 2 is 2.00 bits per heavy atom. The molecule has 0 aliphatic heterocycles. The fourth-order valence-electron chi connectivity index (χ4n) is 3.69. The Balaban J connectivity index is 1.61. The van der Waals surface area contributed by atoms with E-state index in [1.165, 1.54) is 17.4 Å². The number of nitriles is 1. The summed E-state index contributed by atoms with van der Waals surface area (Å²) in [4.78, 5) is 8.88. The number of pyridine rings is 1. The molecule has 0 aliphatic carbocycles. The SMILES string of the molecule is Cc1n[nH]c2nc(-c3ccc(OCc4ccccc4)cc3F)c(C#N)c(-c3csc(N)n3)c12. The van der Waals surface area contributed by atoms with Crippen LogP contribution in [0.1, 0.15) is 16.8 Å². The average molecular weight is 457 g/mol. The van der Waals surface area contributed by atoms with Gasteiger partial charge in [-0.05, 0) is 24.6 Å². The highest BCUT2D eigenvalue weighted by atomic mass is 32.1. The molecule has 0 aliphatic rings. The second-order valence-corrected chi connectivity index (χ2v) is 8.23. The molecule has 3 N–H and O–H groups in total. The highest BCUT2D eigenvalue weighted by molar-refractivity contribution is 7.13. The first-order chi connectivity index (χ1) is 16.0. The second-order valence-electron chi connectivity index (χ2n) is 7.34. The minimum Gasteiger partial charge on any atom is -0.489 e. The van der Waals surface area contributed by atoms with Gasteiger partial charge in [-0.1, -0.05) is 30.3 Å². The van der Waals surface area contributed by atoms with Gasteiger partial charge < -0.3 is 10.5 Å². The molecule has 0 unspecified atom stereocenters. The van der Waals surface area contributed by atoms with Crippen LogP contribution in [0.15, 0.2) is 53.9 Å². The van der Waals surface area contributed by atoms with Crippen molar-refractivity contribution in [2.75, 3.05) is 5.73 Å². The molecule has 0 saturated carbocycles. The van der Waals surface area contributed by atoms with Crippen LogP contribution in [0.2, 0.25) is 0 Å². The molecule has 0 radical (unpaired) electrons. The first-order valence-electron chi connectivity index (χ1n) is 10.0. The molecule has 0 fully saturated rings. The lowest BCUT2D eigenvalue weighted by molar-refractivity contribution is 0.304. The van der Waals surface area contributed by atoms with E-state index in [0.717, 1.165) is 5.56 Å². The van der Waals surface area contributed by atoms with Crippen LogP contribution in [0.25, 0.3) is 33.5 Å². The van der Waals surface area contributed by atoms with Crippen molar-refractivity contribution in [3.63, 3.8) is 0 Å². The fourth-order valence-corrected chi connectivity index (χ4v) is 4.25. The number of benzene rings is 2. The number of hydrogen-bond acceptors (Lipinski definition) is 7. The Bertz CT molecular complexity index is 1520. The van der Waals surface area contributed by atoms with Gasteiger partial charge in [0.2, 0.25) is 0 Å². The number of nitrogen functional groups attached to an aromatic ring is 1. The summed E-state index contributed by atoms with van der Waals surface area (Å²) in [6.45, 7) is 2.12. The minimum absolute atomic E-state index is 0.178. The number of fused-ring (bicyclic) bond motifs is 1. The maximum atomic E-state index is 15.2. The molecule has 7 nitrogen and oxygen atoms in total. The Labute approximate surface area is 192 Å². The molecular weight excluding hydrogens is 439 g/mol. The van der Waals surface area contributed by atoms with E-state index in [9.17, 15) is 5.26 Å². The number of aromatic nitrogens is 4. The topological polar surface area (TPSA) is 114 Å². The van der Waals surface area contributed by atoms with Crippen LogP contribution < -0.4 is 10.5 Å². The highest BCUT2D eigenvalue weighted by Gasteiger charge is 2.24. The summed E-state index contributed by atoms with van der Waals surface area (Å²) < 4.78 is 21.0. The minimum atomic E-state index is -0.552. The molecule has 0 spiro atoms. The van der Waals surface area contributed by atoms with Crippen LogP contribution in [-0.2, 0) is 6.61 Å². The highest BCUT2D eigenvalue weighted by Crippen LogP contribution is 2.39. The number of halogens is 1. The summed E-state index contributed by atoms with van der Waals surface area (Å²) in [5, 5.41) is 19.9. The van der Waals surface area contributed by atoms with Crippen molar-refractivity contribution in [1.29, 1.82) is 5.26 Å². The molecule has 5 aromatic rings. The zero-order chi connectivity index (χ0) is 22.9. The Kier molecular flexibility index (Phi) is 5.20. The van der Waals surface area contributed by atoms with Gasteiger partial charge in [-0.25, -0.2) is 14.4 Å². The van der Waals surface area contributed by atoms with Crippen molar-refractivity contribution in [2.45, 2.75) is 13.5 Å². The lowest BCUT2D eigenvalue weighted by atomic mass is 9.96. The summed E-state index contributed by atoms with van der Waals surface area (Å²) in [6.07, 6.45) is 0. The van der Waals surface area contributed by atoms with Gasteiger partial charge in [-0.3, -0.25) is 5.10 Å². The van der Waals surface area contributed by atoms with E-state index in [0.29, 0.717) is 45.5 Å². The summed E-state index contributed by atoms with van der Waals surface area (Å²) in [5.41, 5.74) is 9.54. The van der Waals surface area contributed by atoms with Gasteiger partial charge in [0.15, 0.2) is 10.8 Å². The summed E-state index contributed by atoms with van der Waals surface area (Å²) >= 11 is 1.26. The monoisotopic (exact) mass is 456 g/mol. The Morgan fingerprint density at radius 1 is 1.18 bits per heavy atom. The van der Waals surface area contributed by atoms with E-state index < -0.39 is 5.82 Å². The average Bonchev–Trinajstić information content (AvgIpc) is 3.42. The lowest BCUT2D eigenvalue weighted by Crippen LogP contribution is -2.00. The van der Waals surface area contributed by atoms with Crippen molar-refractivity contribution in [3.05, 3.63) is 76.5 Å². The molecule has 162 valence electrons. The van der Waals surface area contributed by atoms with E-state index in [1.807, 2.05) is 30.3 Å². The smallest absolute Gasteiger partial charge is 0.180 e. The van der Waals surface area contributed by atoms with Crippen molar-refractivity contribution >= 4 is 27.5 Å². The van der Waals surface area contributed by atoms with Crippen molar-refractivity contribution in [1.82, 2.24) is 20.2 Å². The Hall–Kier alpha value is -4.29.